The summed E-state index contributed by atoms with van der Waals surface area (Å²) in [5, 5.41) is 10.5. The average Bonchev–Trinajstić information content (AvgIpc) is 2.10. The summed E-state index contributed by atoms with van der Waals surface area (Å²) in [5.41, 5.74) is 5.10. The predicted molar refractivity (Wildman–Crippen MR) is 45.2 cm³/mol. The number of amides is 1. The Morgan fingerprint density at radius 1 is 1.69 bits per heavy atom. The molecule has 0 rings (SSSR count). The molecule has 0 bridgehead atoms. The summed E-state index contributed by atoms with van der Waals surface area (Å²) in [5.74, 6) is -1.18. The molecule has 0 aliphatic heterocycles. The van der Waals surface area contributed by atoms with Crippen LogP contribution in [0.2, 0.25) is 0 Å². The van der Waals surface area contributed by atoms with E-state index in [1.54, 1.807) is 0 Å². The Labute approximate surface area is 75.4 Å². The zero-order valence-corrected chi connectivity index (χ0v) is 7.03. The van der Waals surface area contributed by atoms with Crippen LogP contribution in [0.15, 0.2) is 12.7 Å². The standard InChI is InChI=1S/C7H12N2O4/c1-2-3-13-7(12)9-4-5(8)6(10)11/h2,5H,1,3-4,8H2,(H,9,12)(H,10,11)/t5-/m0/s1. The van der Waals surface area contributed by atoms with Gasteiger partial charge in [-0.3, -0.25) is 4.79 Å². The SMILES string of the molecule is C=CCOC(=O)NC[C@H](N)C(=O)O. The molecule has 0 saturated heterocycles. The van der Waals surface area contributed by atoms with Crippen molar-refractivity contribution < 1.29 is 19.4 Å². The summed E-state index contributed by atoms with van der Waals surface area (Å²) in [4.78, 5) is 20.9. The summed E-state index contributed by atoms with van der Waals surface area (Å²) >= 11 is 0. The van der Waals surface area contributed by atoms with E-state index in [0.717, 1.165) is 0 Å². The van der Waals surface area contributed by atoms with Gasteiger partial charge in [0.15, 0.2) is 0 Å². The number of hydrogen-bond donors (Lipinski definition) is 3. The van der Waals surface area contributed by atoms with E-state index in [9.17, 15) is 9.59 Å². The van der Waals surface area contributed by atoms with Gasteiger partial charge in [-0.1, -0.05) is 12.7 Å². The van der Waals surface area contributed by atoms with E-state index in [2.05, 4.69) is 16.6 Å². The topological polar surface area (TPSA) is 102 Å². The minimum absolute atomic E-state index is 0.0775. The van der Waals surface area contributed by atoms with Gasteiger partial charge >= 0.3 is 12.1 Å². The van der Waals surface area contributed by atoms with Crippen LogP contribution in [-0.2, 0) is 9.53 Å². The lowest BCUT2D eigenvalue weighted by molar-refractivity contribution is -0.138. The maximum atomic E-state index is 10.7. The zero-order chi connectivity index (χ0) is 10.3. The molecule has 0 aromatic rings. The summed E-state index contributed by atoms with van der Waals surface area (Å²) in [6, 6.07) is -1.11. The summed E-state index contributed by atoms with van der Waals surface area (Å²) < 4.78 is 4.50. The van der Waals surface area contributed by atoms with Gasteiger partial charge in [0.2, 0.25) is 0 Å². The van der Waals surface area contributed by atoms with Crippen LogP contribution in [0.1, 0.15) is 0 Å². The number of hydrogen-bond acceptors (Lipinski definition) is 4. The van der Waals surface area contributed by atoms with Crippen LogP contribution in [0, 0.1) is 0 Å². The first-order chi connectivity index (χ1) is 6.07. The predicted octanol–water partition coefficient (Wildman–Crippen LogP) is -0.689. The minimum Gasteiger partial charge on any atom is -0.480 e. The molecule has 6 nitrogen and oxygen atoms in total. The monoisotopic (exact) mass is 188 g/mol. The van der Waals surface area contributed by atoms with E-state index >= 15 is 0 Å². The number of carboxylic acid groups (broad SMARTS) is 1. The Bertz CT molecular complexity index is 205. The Morgan fingerprint density at radius 2 is 2.31 bits per heavy atom. The maximum absolute atomic E-state index is 10.7. The molecule has 0 spiro atoms. The smallest absolute Gasteiger partial charge is 0.407 e. The molecule has 0 unspecified atom stereocenters. The molecule has 0 fully saturated rings. The molecular weight excluding hydrogens is 176 g/mol. The lowest BCUT2D eigenvalue weighted by Crippen LogP contribution is -2.42. The number of alkyl carbamates (subject to hydrolysis) is 1. The fraction of sp³-hybridized carbons (Fsp3) is 0.429. The Morgan fingerprint density at radius 3 is 2.77 bits per heavy atom. The third-order valence-electron chi connectivity index (χ3n) is 1.12. The third kappa shape index (κ3) is 5.68. The normalized spacial score (nSPS) is 11.5. The fourth-order valence-corrected chi connectivity index (χ4v) is 0.466. The van der Waals surface area contributed by atoms with Crippen molar-refractivity contribution in [1.82, 2.24) is 5.32 Å². The van der Waals surface area contributed by atoms with Gasteiger partial charge in [-0.2, -0.15) is 0 Å². The fourth-order valence-electron chi connectivity index (χ4n) is 0.466. The van der Waals surface area contributed by atoms with Gasteiger partial charge in [-0.15, -0.1) is 0 Å². The molecule has 1 atom stereocenters. The molecule has 74 valence electrons. The number of nitrogens with one attached hydrogen (secondary N) is 1. The van der Waals surface area contributed by atoms with Crippen LogP contribution >= 0.6 is 0 Å². The molecule has 1 amide bonds. The van der Waals surface area contributed by atoms with Crippen molar-refractivity contribution in [1.29, 1.82) is 0 Å². The molecule has 6 heteroatoms. The van der Waals surface area contributed by atoms with Crippen molar-refractivity contribution in [3.63, 3.8) is 0 Å². The number of carbonyl (C=O) groups is 2. The summed E-state index contributed by atoms with van der Waals surface area (Å²) in [7, 11) is 0. The van der Waals surface area contributed by atoms with Crippen molar-refractivity contribution in [2.45, 2.75) is 6.04 Å². The van der Waals surface area contributed by atoms with Gasteiger partial charge in [-0.25, -0.2) is 4.79 Å². The molecule has 4 N–H and O–H groups in total. The number of carboxylic acids is 1. The first-order valence-electron chi connectivity index (χ1n) is 3.57. The second-order valence-electron chi connectivity index (χ2n) is 2.21. The Balaban J connectivity index is 3.57. The van der Waals surface area contributed by atoms with E-state index in [0.29, 0.717) is 0 Å². The van der Waals surface area contributed by atoms with Crippen LogP contribution in [-0.4, -0.2) is 36.4 Å². The number of ether oxygens (including phenoxy) is 1. The number of carbonyl (C=O) groups excluding carboxylic acids is 1. The lowest BCUT2D eigenvalue weighted by atomic mass is 10.3. The van der Waals surface area contributed by atoms with Gasteiger partial charge in [0, 0.05) is 6.54 Å². The van der Waals surface area contributed by atoms with E-state index in [-0.39, 0.29) is 13.2 Å². The number of nitrogens with two attached hydrogens (primary N) is 1. The van der Waals surface area contributed by atoms with Crippen molar-refractivity contribution in [3.05, 3.63) is 12.7 Å². The minimum atomic E-state index is -1.18. The molecule has 0 radical (unpaired) electrons. The molecule has 0 aromatic heterocycles. The van der Waals surface area contributed by atoms with Gasteiger partial charge < -0.3 is 20.9 Å². The summed E-state index contributed by atoms with van der Waals surface area (Å²) in [6.07, 6.45) is 0.688. The molecule has 0 aliphatic rings. The highest BCUT2D eigenvalue weighted by Crippen LogP contribution is 1.80. The van der Waals surface area contributed by atoms with E-state index in [4.69, 9.17) is 10.8 Å². The summed E-state index contributed by atoms with van der Waals surface area (Å²) in [6.45, 7) is 3.25. The van der Waals surface area contributed by atoms with Crippen molar-refractivity contribution >= 4 is 12.1 Å². The van der Waals surface area contributed by atoms with Crippen LogP contribution < -0.4 is 11.1 Å². The van der Waals surface area contributed by atoms with Gasteiger partial charge in [0.05, 0.1) is 0 Å². The van der Waals surface area contributed by atoms with Crippen molar-refractivity contribution in [2.24, 2.45) is 5.73 Å². The average molecular weight is 188 g/mol. The second kappa shape index (κ2) is 6.01. The van der Waals surface area contributed by atoms with Crippen molar-refractivity contribution in [3.8, 4) is 0 Å². The maximum Gasteiger partial charge on any atom is 0.407 e. The molecule has 0 heterocycles. The first kappa shape index (κ1) is 11.4. The highest BCUT2D eigenvalue weighted by atomic mass is 16.5. The van der Waals surface area contributed by atoms with Gasteiger partial charge in [-0.05, 0) is 0 Å². The van der Waals surface area contributed by atoms with Crippen molar-refractivity contribution in [2.75, 3.05) is 13.2 Å². The molecule has 13 heavy (non-hydrogen) atoms. The van der Waals surface area contributed by atoms with Gasteiger partial charge in [0.25, 0.3) is 0 Å². The molecular formula is C7H12N2O4. The molecule has 0 saturated carbocycles. The van der Waals surface area contributed by atoms with E-state index < -0.39 is 18.1 Å². The largest absolute Gasteiger partial charge is 0.480 e. The number of aliphatic carboxylic acids is 1. The van der Waals surface area contributed by atoms with Crippen LogP contribution in [0.4, 0.5) is 4.79 Å². The van der Waals surface area contributed by atoms with Crippen LogP contribution in [0.5, 0.6) is 0 Å². The second-order valence-corrected chi connectivity index (χ2v) is 2.21. The first-order valence-corrected chi connectivity index (χ1v) is 3.57. The Hall–Kier alpha value is -1.56. The lowest BCUT2D eigenvalue weighted by Gasteiger charge is -2.07. The number of rotatable bonds is 5. The van der Waals surface area contributed by atoms with Gasteiger partial charge in [0.1, 0.15) is 12.6 Å². The Kier molecular flexibility index (Phi) is 5.29. The molecule has 0 aliphatic carbocycles. The van der Waals surface area contributed by atoms with Crippen LogP contribution in [0.3, 0.4) is 0 Å². The van der Waals surface area contributed by atoms with Crippen LogP contribution in [0.25, 0.3) is 0 Å². The highest BCUT2D eigenvalue weighted by Gasteiger charge is 2.12. The van der Waals surface area contributed by atoms with E-state index in [1.807, 2.05) is 0 Å². The highest BCUT2D eigenvalue weighted by molar-refractivity contribution is 5.75. The zero-order valence-electron chi connectivity index (χ0n) is 7.03. The quantitative estimate of drug-likeness (QED) is 0.496. The molecule has 0 aromatic carbocycles. The van der Waals surface area contributed by atoms with E-state index in [1.165, 1.54) is 6.08 Å². The third-order valence-corrected chi connectivity index (χ3v) is 1.12.